The van der Waals surface area contributed by atoms with Crippen molar-refractivity contribution in [1.82, 2.24) is 0 Å². The van der Waals surface area contributed by atoms with Gasteiger partial charge in [0, 0.05) is 5.92 Å². The lowest BCUT2D eigenvalue weighted by molar-refractivity contribution is 0.0305. The molecule has 2 atom stereocenters. The van der Waals surface area contributed by atoms with E-state index in [0.717, 1.165) is 24.8 Å². The van der Waals surface area contributed by atoms with E-state index in [1.807, 2.05) is 31.2 Å². The van der Waals surface area contributed by atoms with Crippen molar-refractivity contribution in [2.75, 3.05) is 0 Å². The number of ether oxygens (including phenoxy) is 1. The summed E-state index contributed by atoms with van der Waals surface area (Å²) < 4.78 is 5.62. The maximum absolute atomic E-state index is 12.3. The Bertz CT molecular complexity index is 558. The summed E-state index contributed by atoms with van der Waals surface area (Å²) in [7, 11) is 0. The van der Waals surface area contributed by atoms with Crippen molar-refractivity contribution in [3.8, 4) is 11.8 Å². The Morgan fingerprint density at radius 1 is 1.27 bits per heavy atom. The van der Waals surface area contributed by atoms with Crippen LogP contribution in [0.1, 0.15) is 56.5 Å². The van der Waals surface area contributed by atoms with Gasteiger partial charge in [0.25, 0.3) is 0 Å². The van der Waals surface area contributed by atoms with Gasteiger partial charge < -0.3 is 4.74 Å². The van der Waals surface area contributed by atoms with E-state index in [-0.39, 0.29) is 11.9 Å². The van der Waals surface area contributed by atoms with E-state index >= 15 is 0 Å². The molecule has 2 unspecified atom stereocenters. The molecule has 0 aliphatic rings. The first-order valence-electron chi connectivity index (χ1n) is 7.94. The van der Waals surface area contributed by atoms with E-state index in [1.54, 1.807) is 0 Å². The standard InChI is InChI=1S/C20H26O2/c1-6-8-16(5)19(14-9-15(3)4)22-20(21)18-12-10-17(7-2)11-13-18/h10-13,16,19H,3,6-8H2,1-2,4-5H3. The van der Waals surface area contributed by atoms with Gasteiger partial charge in [0.05, 0.1) is 5.56 Å². The Hall–Kier alpha value is -2.01. The van der Waals surface area contributed by atoms with Gasteiger partial charge in [-0.25, -0.2) is 4.79 Å². The van der Waals surface area contributed by atoms with E-state index < -0.39 is 6.10 Å². The molecule has 0 aromatic heterocycles. The molecule has 0 saturated heterocycles. The summed E-state index contributed by atoms with van der Waals surface area (Å²) in [5.41, 5.74) is 2.55. The molecule has 0 heterocycles. The fourth-order valence-corrected chi connectivity index (χ4v) is 2.15. The Balaban J connectivity index is 2.85. The summed E-state index contributed by atoms with van der Waals surface area (Å²) in [6, 6.07) is 7.55. The van der Waals surface area contributed by atoms with Crippen LogP contribution in [0.25, 0.3) is 0 Å². The van der Waals surface area contributed by atoms with Crippen LogP contribution in [0.15, 0.2) is 36.4 Å². The minimum Gasteiger partial charge on any atom is -0.445 e. The second-order valence-corrected chi connectivity index (χ2v) is 5.69. The highest BCUT2D eigenvalue weighted by molar-refractivity contribution is 5.89. The zero-order valence-corrected chi connectivity index (χ0v) is 14.1. The van der Waals surface area contributed by atoms with Crippen molar-refractivity contribution in [3.05, 3.63) is 47.5 Å². The van der Waals surface area contributed by atoms with Gasteiger partial charge >= 0.3 is 5.97 Å². The Morgan fingerprint density at radius 2 is 1.91 bits per heavy atom. The smallest absolute Gasteiger partial charge is 0.339 e. The average molecular weight is 298 g/mol. The highest BCUT2D eigenvalue weighted by atomic mass is 16.5. The van der Waals surface area contributed by atoms with Crippen LogP contribution >= 0.6 is 0 Å². The topological polar surface area (TPSA) is 26.3 Å². The van der Waals surface area contributed by atoms with Gasteiger partial charge in [-0.05, 0) is 43.0 Å². The fraction of sp³-hybridized carbons (Fsp3) is 0.450. The Kier molecular flexibility index (Phi) is 7.46. The molecule has 0 aliphatic heterocycles. The zero-order chi connectivity index (χ0) is 16.5. The SMILES string of the molecule is C=C(C)C#CC(OC(=O)c1ccc(CC)cc1)C(C)CCC. The van der Waals surface area contributed by atoms with Crippen molar-refractivity contribution >= 4 is 5.97 Å². The van der Waals surface area contributed by atoms with Crippen LogP contribution < -0.4 is 0 Å². The van der Waals surface area contributed by atoms with Gasteiger partial charge in [-0.15, -0.1) is 0 Å². The van der Waals surface area contributed by atoms with Gasteiger partial charge in [-0.2, -0.15) is 0 Å². The number of benzene rings is 1. The van der Waals surface area contributed by atoms with Crippen molar-refractivity contribution < 1.29 is 9.53 Å². The van der Waals surface area contributed by atoms with Gasteiger partial charge in [0.2, 0.25) is 0 Å². The molecule has 1 rings (SSSR count). The van der Waals surface area contributed by atoms with Crippen LogP contribution in [0.5, 0.6) is 0 Å². The van der Waals surface area contributed by atoms with E-state index in [0.29, 0.717) is 5.56 Å². The molecule has 0 amide bonds. The largest absolute Gasteiger partial charge is 0.445 e. The molecule has 1 aromatic rings. The summed E-state index contributed by atoms with van der Waals surface area (Å²) in [4.78, 5) is 12.3. The van der Waals surface area contributed by atoms with Crippen LogP contribution in [-0.4, -0.2) is 12.1 Å². The molecule has 0 fully saturated rings. The summed E-state index contributed by atoms with van der Waals surface area (Å²) in [6.45, 7) is 11.9. The molecule has 0 saturated carbocycles. The van der Waals surface area contributed by atoms with Gasteiger partial charge in [-0.1, -0.05) is 57.7 Å². The fourth-order valence-electron chi connectivity index (χ4n) is 2.15. The number of hydrogen-bond acceptors (Lipinski definition) is 2. The molecular formula is C20H26O2. The van der Waals surface area contributed by atoms with E-state index in [4.69, 9.17) is 4.74 Å². The van der Waals surface area contributed by atoms with Crippen LogP contribution in [0, 0.1) is 17.8 Å². The minimum absolute atomic E-state index is 0.204. The highest BCUT2D eigenvalue weighted by Crippen LogP contribution is 2.16. The van der Waals surface area contributed by atoms with Crippen LogP contribution in [0.2, 0.25) is 0 Å². The highest BCUT2D eigenvalue weighted by Gasteiger charge is 2.20. The number of rotatable bonds is 6. The first kappa shape index (κ1) is 18.0. The summed E-state index contributed by atoms with van der Waals surface area (Å²) in [5, 5.41) is 0. The van der Waals surface area contributed by atoms with Crippen molar-refractivity contribution in [2.45, 2.75) is 53.1 Å². The van der Waals surface area contributed by atoms with Gasteiger partial charge in [-0.3, -0.25) is 0 Å². The second-order valence-electron chi connectivity index (χ2n) is 5.69. The number of carbonyl (C=O) groups excluding carboxylic acids is 1. The predicted octanol–water partition coefficient (Wildman–Crippen LogP) is 4.79. The average Bonchev–Trinajstić information content (AvgIpc) is 2.51. The molecule has 0 bridgehead atoms. The molecule has 0 spiro atoms. The number of hydrogen-bond donors (Lipinski definition) is 0. The first-order chi connectivity index (χ1) is 10.5. The quantitative estimate of drug-likeness (QED) is 0.557. The van der Waals surface area contributed by atoms with Crippen molar-refractivity contribution in [2.24, 2.45) is 5.92 Å². The summed E-state index contributed by atoms with van der Waals surface area (Å²) in [6.07, 6.45) is 2.57. The maximum atomic E-state index is 12.3. The number of aryl methyl sites for hydroxylation is 1. The Labute approximate surface area is 134 Å². The third-order valence-electron chi connectivity index (χ3n) is 3.52. The predicted molar refractivity (Wildman–Crippen MR) is 91.7 cm³/mol. The molecule has 118 valence electrons. The molecule has 2 nitrogen and oxygen atoms in total. The molecule has 0 radical (unpaired) electrons. The van der Waals surface area contributed by atoms with Crippen LogP contribution in [0.3, 0.4) is 0 Å². The van der Waals surface area contributed by atoms with Gasteiger partial charge in [0.15, 0.2) is 6.10 Å². The molecule has 1 aromatic carbocycles. The van der Waals surface area contributed by atoms with Crippen LogP contribution in [0.4, 0.5) is 0 Å². The summed E-state index contributed by atoms with van der Waals surface area (Å²) >= 11 is 0. The lowest BCUT2D eigenvalue weighted by Gasteiger charge is -2.19. The normalized spacial score (nSPS) is 12.7. The summed E-state index contributed by atoms with van der Waals surface area (Å²) in [5.74, 6) is 5.86. The zero-order valence-electron chi connectivity index (χ0n) is 14.1. The van der Waals surface area contributed by atoms with Crippen molar-refractivity contribution in [3.63, 3.8) is 0 Å². The second kappa shape index (κ2) is 9.10. The number of carbonyl (C=O) groups is 1. The number of allylic oxidation sites excluding steroid dienone is 1. The van der Waals surface area contributed by atoms with Gasteiger partial charge in [0.1, 0.15) is 0 Å². The van der Waals surface area contributed by atoms with Crippen LogP contribution in [-0.2, 0) is 11.2 Å². The first-order valence-corrected chi connectivity index (χ1v) is 7.94. The third-order valence-corrected chi connectivity index (χ3v) is 3.52. The minimum atomic E-state index is -0.394. The molecule has 2 heteroatoms. The van der Waals surface area contributed by atoms with E-state index in [1.165, 1.54) is 5.56 Å². The van der Waals surface area contributed by atoms with E-state index in [2.05, 4.69) is 39.2 Å². The molecule has 0 N–H and O–H groups in total. The monoisotopic (exact) mass is 298 g/mol. The third kappa shape index (κ3) is 5.77. The lowest BCUT2D eigenvalue weighted by Crippen LogP contribution is -2.24. The lowest BCUT2D eigenvalue weighted by atomic mass is 9.99. The molecule has 22 heavy (non-hydrogen) atoms. The maximum Gasteiger partial charge on any atom is 0.339 e. The van der Waals surface area contributed by atoms with E-state index in [9.17, 15) is 4.79 Å². The number of esters is 1. The molecule has 0 aliphatic carbocycles. The Morgan fingerprint density at radius 3 is 2.41 bits per heavy atom. The van der Waals surface area contributed by atoms with Crippen molar-refractivity contribution in [1.29, 1.82) is 0 Å². The molecular weight excluding hydrogens is 272 g/mol.